The van der Waals surface area contributed by atoms with E-state index < -0.39 is 0 Å². The van der Waals surface area contributed by atoms with Gasteiger partial charge >= 0.3 is 0 Å². The first-order valence-corrected chi connectivity index (χ1v) is 9.21. The highest BCUT2D eigenvalue weighted by Crippen LogP contribution is 2.31. The Kier molecular flexibility index (Phi) is 5.17. The molecule has 0 amide bonds. The van der Waals surface area contributed by atoms with E-state index >= 15 is 0 Å². The van der Waals surface area contributed by atoms with Crippen molar-refractivity contribution in [2.45, 2.75) is 24.3 Å². The summed E-state index contributed by atoms with van der Waals surface area (Å²) in [6.07, 6.45) is 2.78. The molecule has 3 rings (SSSR count). The molecule has 0 aliphatic carbocycles. The zero-order valence-electron chi connectivity index (χ0n) is 12.6. The Hall–Kier alpha value is -1.03. The summed E-state index contributed by atoms with van der Waals surface area (Å²) in [5.41, 5.74) is 1.29. The van der Waals surface area contributed by atoms with Gasteiger partial charge in [0, 0.05) is 23.4 Å². The van der Waals surface area contributed by atoms with Crippen LogP contribution in [0.3, 0.4) is 0 Å². The van der Waals surface area contributed by atoms with Crippen molar-refractivity contribution in [2.24, 2.45) is 0 Å². The molecule has 1 saturated heterocycles. The predicted octanol–water partition coefficient (Wildman–Crippen LogP) is 3.77. The summed E-state index contributed by atoms with van der Waals surface area (Å²) in [5.74, 6) is 2.74. The summed E-state index contributed by atoms with van der Waals surface area (Å²) >= 11 is 0. The average Bonchev–Trinajstić information content (AvgIpc) is 3.05. The molecule has 0 unspecified atom stereocenters. The SMILES string of the molecule is COCCOCc1cccc2c([S+]3CCCC3)cccc12. The average molecular weight is 303 g/mol. The van der Waals surface area contributed by atoms with E-state index in [1.54, 1.807) is 12.0 Å². The fourth-order valence-electron chi connectivity index (χ4n) is 2.92. The second-order valence-electron chi connectivity index (χ2n) is 5.42. The van der Waals surface area contributed by atoms with Gasteiger partial charge in [-0.15, -0.1) is 0 Å². The standard InChI is InChI=1S/C18H23O2S/c1-19-10-11-20-14-15-6-4-8-17-16(15)7-5-9-18(17)21-12-2-3-13-21/h4-9H,2-3,10-14H2,1H3/q+1. The van der Waals surface area contributed by atoms with Gasteiger partial charge in [0.25, 0.3) is 0 Å². The molecule has 21 heavy (non-hydrogen) atoms. The Labute approximate surface area is 129 Å². The first kappa shape index (κ1) is 14.9. The first-order valence-electron chi connectivity index (χ1n) is 7.65. The quantitative estimate of drug-likeness (QED) is 0.597. The van der Waals surface area contributed by atoms with E-state index in [0.29, 0.717) is 30.7 Å². The normalized spacial score (nSPS) is 15.9. The zero-order chi connectivity index (χ0) is 14.5. The van der Waals surface area contributed by atoms with E-state index in [0.717, 1.165) is 0 Å². The monoisotopic (exact) mass is 303 g/mol. The predicted molar refractivity (Wildman–Crippen MR) is 90.1 cm³/mol. The van der Waals surface area contributed by atoms with Crippen LogP contribution in [0.2, 0.25) is 0 Å². The summed E-state index contributed by atoms with van der Waals surface area (Å²) in [6.45, 7) is 1.97. The summed E-state index contributed by atoms with van der Waals surface area (Å²) in [4.78, 5) is 1.56. The second-order valence-corrected chi connectivity index (χ2v) is 7.66. The van der Waals surface area contributed by atoms with Gasteiger partial charge in [0.1, 0.15) is 11.5 Å². The third-order valence-electron chi connectivity index (χ3n) is 4.00. The molecule has 0 N–H and O–H groups in total. The molecular formula is C18H23O2S+. The molecule has 1 aliphatic rings. The van der Waals surface area contributed by atoms with E-state index in [-0.39, 0.29) is 0 Å². The van der Waals surface area contributed by atoms with Gasteiger partial charge in [-0.2, -0.15) is 0 Å². The fourth-order valence-corrected chi connectivity index (χ4v) is 5.43. The molecule has 0 bridgehead atoms. The van der Waals surface area contributed by atoms with Gasteiger partial charge in [-0.25, -0.2) is 0 Å². The van der Waals surface area contributed by atoms with Crippen molar-refractivity contribution in [2.75, 3.05) is 31.8 Å². The van der Waals surface area contributed by atoms with Crippen LogP contribution in [0.25, 0.3) is 10.8 Å². The molecule has 0 spiro atoms. The molecule has 0 aromatic heterocycles. The number of rotatable bonds is 6. The van der Waals surface area contributed by atoms with Gasteiger partial charge in [0.05, 0.1) is 19.8 Å². The smallest absolute Gasteiger partial charge is 0.162 e. The molecule has 1 heterocycles. The topological polar surface area (TPSA) is 18.5 Å². The summed E-state index contributed by atoms with van der Waals surface area (Å²) in [7, 11) is 2.16. The van der Waals surface area contributed by atoms with Crippen LogP contribution in [0.1, 0.15) is 18.4 Å². The fraction of sp³-hybridized carbons (Fsp3) is 0.444. The van der Waals surface area contributed by atoms with Gasteiger partial charge < -0.3 is 9.47 Å². The van der Waals surface area contributed by atoms with Crippen molar-refractivity contribution in [1.29, 1.82) is 0 Å². The van der Waals surface area contributed by atoms with Gasteiger partial charge in [-0.3, -0.25) is 0 Å². The Morgan fingerprint density at radius 1 is 0.952 bits per heavy atom. The molecule has 1 aliphatic heterocycles. The minimum Gasteiger partial charge on any atom is -0.382 e. The van der Waals surface area contributed by atoms with Crippen LogP contribution in [0, 0.1) is 0 Å². The highest BCUT2D eigenvalue weighted by molar-refractivity contribution is 7.97. The van der Waals surface area contributed by atoms with Crippen molar-refractivity contribution in [3.63, 3.8) is 0 Å². The van der Waals surface area contributed by atoms with Crippen molar-refractivity contribution >= 4 is 21.7 Å². The van der Waals surface area contributed by atoms with E-state index in [1.807, 2.05) is 0 Å². The molecule has 0 radical (unpaired) electrons. The minimum atomic E-state index is 0.457. The lowest BCUT2D eigenvalue weighted by Crippen LogP contribution is -2.05. The molecule has 112 valence electrons. The van der Waals surface area contributed by atoms with E-state index in [2.05, 4.69) is 36.4 Å². The van der Waals surface area contributed by atoms with E-state index in [4.69, 9.17) is 9.47 Å². The van der Waals surface area contributed by atoms with Crippen LogP contribution < -0.4 is 0 Å². The van der Waals surface area contributed by atoms with Gasteiger partial charge in [0.2, 0.25) is 0 Å². The maximum atomic E-state index is 5.71. The van der Waals surface area contributed by atoms with Crippen LogP contribution in [-0.4, -0.2) is 31.8 Å². The molecule has 3 heteroatoms. The minimum absolute atomic E-state index is 0.457. The van der Waals surface area contributed by atoms with E-state index in [1.165, 1.54) is 40.7 Å². The first-order chi connectivity index (χ1) is 10.4. The molecule has 1 fully saturated rings. The van der Waals surface area contributed by atoms with Crippen LogP contribution in [0.5, 0.6) is 0 Å². The summed E-state index contributed by atoms with van der Waals surface area (Å²) < 4.78 is 10.7. The lowest BCUT2D eigenvalue weighted by atomic mass is 10.1. The Morgan fingerprint density at radius 2 is 1.71 bits per heavy atom. The van der Waals surface area contributed by atoms with Crippen molar-refractivity contribution in [3.8, 4) is 0 Å². The maximum Gasteiger partial charge on any atom is 0.162 e. The molecule has 0 saturated carbocycles. The van der Waals surface area contributed by atoms with Crippen LogP contribution in [-0.2, 0) is 27.0 Å². The number of hydrogen-bond donors (Lipinski definition) is 0. The van der Waals surface area contributed by atoms with Crippen LogP contribution in [0.4, 0.5) is 0 Å². The third kappa shape index (κ3) is 3.42. The Bertz CT molecular complexity index is 591. The van der Waals surface area contributed by atoms with Gasteiger partial charge in [-0.1, -0.05) is 24.3 Å². The Balaban J connectivity index is 1.86. The van der Waals surface area contributed by atoms with Crippen molar-refractivity contribution in [3.05, 3.63) is 42.0 Å². The summed E-state index contributed by atoms with van der Waals surface area (Å²) in [5, 5.41) is 2.78. The molecule has 0 atom stereocenters. The highest BCUT2D eigenvalue weighted by Gasteiger charge is 2.28. The lowest BCUT2D eigenvalue weighted by molar-refractivity contribution is 0.0621. The second kappa shape index (κ2) is 7.30. The molecular weight excluding hydrogens is 280 g/mol. The maximum absolute atomic E-state index is 5.71. The van der Waals surface area contributed by atoms with Crippen molar-refractivity contribution in [1.82, 2.24) is 0 Å². The molecule has 2 nitrogen and oxygen atoms in total. The van der Waals surface area contributed by atoms with E-state index in [9.17, 15) is 0 Å². The number of methoxy groups -OCH3 is 1. The summed E-state index contributed by atoms with van der Waals surface area (Å²) in [6, 6.07) is 13.4. The highest BCUT2D eigenvalue weighted by atomic mass is 32.2. The third-order valence-corrected chi connectivity index (χ3v) is 6.55. The van der Waals surface area contributed by atoms with Crippen LogP contribution >= 0.6 is 0 Å². The molecule has 2 aromatic carbocycles. The number of hydrogen-bond acceptors (Lipinski definition) is 2. The zero-order valence-corrected chi connectivity index (χ0v) is 13.5. The largest absolute Gasteiger partial charge is 0.382 e. The van der Waals surface area contributed by atoms with Crippen molar-refractivity contribution < 1.29 is 9.47 Å². The van der Waals surface area contributed by atoms with Gasteiger partial charge in [-0.05, 0) is 35.9 Å². The number of benzene rings is 2. The number of ether oxygens (including phenoxy) is 2. The molecule has 2 aromatic rings. The lowest BCUT2D eigenvalue weighted by Gasteiger charge is -2.10. The van der Waals surface area contributed by atoms with Gasteiger partial charge in [0.15, 0.2) is 4.90 Å². The van der Waals surface area contributed by atoms with Crippen LogP contribution in [0.15, 0.2) is 41.3 Å². The number of fused-ring (bicyclic) bond motifs is 1. The Morgan fingerprint density at radius 3 is 2.52 bits per heavy atom.